The summed E-state index contributed by atoms with van der Waals surface area (Å²) in [6.07, 6.45) is 4.77. The molecule has 0 aliphatic carbocycles. The van der Waals surface area contributed by atoms with E-state index in [1.165, 1.54) is 10.9 Å². The lowest BCUT2D eigenvalue weighted by Gasteiger charge is -2.20. The van der Waals surface area contributed by atoms with Crippen molar-refractivity contribution in [1.82, 2.24) is 9.88 Å². The van der Waals surface area contributed by atoms with Gasteiger partial charge in [-0.2, -0.15) is 0 Å². The fourth-order valence-electron chi connectivity index (χ4n) is 2.96. The Morgan fingerprint density at radius 2 is 2.15 bits per heavy atom. The molecule has 1 unspecified atom stereocenters. The molecule has 1 saturated heterocycles. The molecule has 0 saturated carbocycles. The largest absolute Gasteiger partial charge is 0.361 e. The molecule has 2 heterocycles. The van der Waals surface area contributed by atoms with Gasteiger partial charge in [-0.05, 0) is 43.9 Å². The van der Waals surface area contributed by atoms with Crippen LogP contribution in [-0.4, -0.2) is 34.9 Å². The van der Waals surface area contributed by atoms with Gasteiger partial charge in [-0.15, -0.1) is 0 Å². The predicted molar refractivity (Wildman–Crippen MR) is 80.5 cm³/mol. The smallest absolute Gasteiger partial charge is 0.239 e. The molecule has 0 radical (unpaired) electrons. The number of nitrogens with zero attached hydrogens (tertiary/aromatic N) is 1. The highest BCUT2D eigenvalue weighted by atomic mass is 16.2. The van der Waals surface area contributed by atoms with Crippen LogP contribution in [0.15, 0.2) is 24.4 Å². The SMILES string of the molecule is Cc1ccc2[nH]cc(CC(N)C(=O)N3CCCC3)c2c1. The lowest BCUT2D eigenvalue weighted by Crippen LogP contribution is -2.43. The standard InChI is InChI=1S/C16H21N3O/c1-11-4-5-15-13(8-11)12(10-18-15)9-14(17)16(20)19-6-2-3-7-19/h4-5,8,10,14,18H,2-3,6-7,9,17H2,1H3. The molecule has 0 spiro atoms. The van der Waals surface area contributed by atoms with Crippen LogP contribution in [0, 0.1) is 6.92 Å². The highest BCUT2D eigenvalue weighted by Gasteiger charge is 2.24. The Hall–Kier alpha value is -1.81. The van der Waals surface area contributed by atoms with E-state index in [9.17, 15) is 4.79 Å². The van der Waals surface area contributed by atoms with Gasteiger partial charge in [0.1, 0.15) is 0 Å². The van der Waals surface area contributed by atoms with Crippen molar-refractivity contribution < 1.29 is 4.79 Å². The van der Waals surface area contributed by atoms with E-state index in [-0.39, 0.29) is 5.91 Å². The third-order valence-electron chi connectivity index (χ3n) is 4.10. The molecule has 4 heteroatoms. The predicted octanol–water partition coefficient (Wildman–Crippen LogP) is 1.97. The minimum Gasteiger partial charge on any atom is -0.361 e. The Kier molecular flexibility index (Phi) is 3.49. The average Bonchev–Trinajstić information content (AvgIpc) is 3.08. The molecule has 3 N–H and O–H groups in total. The number of aromatic nitrogens is 1. The van der Waals surface area contributed by atoms with Gasteiger partial charge in [0, 0.05) is 30.2 Å². The van der Waals surface area contributed by atoms with E-state index in [0.717, 1.165) is 37.0 Å². The molecule has 1 aromatic heterocycles. The highest BCUT2D eigenvalue weighted by Crippen LogP contribution is 2.21. The van der Waals surface area contributed by atoms with E-state index < -0.39 is 6.04 Å². The van der Waals surface area contributed by atoms with E-state index in [0.29, 0.717) is 6.42 Å². The monoisotopic (exact) mass is 271 g/mol. The number of nitrogens with one attached hydrogen (secondary N) is 1. The number of hydrogen-bond acceptors (Lipinski definition) is 2. The Bertz CT molecular complexity index is 626. The summed E-state index contributed by atoms with van der Waals surface area (Å²) in [5.74, 6) is 0.0875. The first kappa shape index (κ1) is 13.2. The fraction of sp³-hybridized carbons (Fsp3) is 0.438. The summed E-state index contributed by atoms with van der Waals surface area (Å²) in [4.78, 5) is 17.4. The number of aryl methyl sites for hydroxylation is 1. The maximum atomic E-state index is 12.3. The Morgan fingerprint density at radius 3 is 2.90 bits per heavy atom. The highest BCUT2D eigenvalue weighted by molar-refractivity contribution is 5.86. The molecule has 3 rings (SSSR count). The number of fused-ring (bicyclic) bond motifs is 1. The maximum absolute atomic E-state index is 12.3. The molecule has 0 bridgehead atoms. The van der Waals surface area contributed by atoms with Crippen molar-refractivity contribution in [2.45, 2.75) is 32.2 Å². The lowest BCUT2D eigenvalue weighted by atomic mass is 10.0. The zero-order valence-corrected chi connectivity index (χ0v) is 11.9. The van der Waals surface area contributed by atoms with Crippen molar-refractivity contribution >= 4 is 16.8 Å². The van der Waals surface area contributed by atoms with E-state index in [1.807, 2.05) is 11.1 Å². The van der Waals surface area contributed by atoms with Crippen LogP contribution >= 0.6 is 0 Å². The van der Waals surface area contributed by atoms with Gasteiger partial charge in [0.25, 0.3) is 0 Å². The zero-order valence-electron chi connectivity index (χ0n) is 11.9. The molecule has 1 aromatic carbocycles. The van der Waals surface area contributed by atoms with Crippen LogP contribution in [0.5, 0.6) is 0 Å². The third kappa shape index (κ3) is 2.43. The normalized spacial score (nSPS) is 16.8. The molecule has 1 aliphatic heterocycles. The van der Waals surface area contributed by atoms with Gasteiger partial charge >= 0.3 is 0 Å². The second kappa shape index (κ2) is 5.29. The number of carbonyl (C=O) groups is 1. The third-order valence-corrected chi connectivity index (χ3v) is 4.10. The summed E-state index contributed by atoms with van der Waals surface area (Å²) in [5, 5.41) is 1.18. The quantitative estimate of drug-likeness (QED) is 0.896. The van der Waals surface area contributed by atoms with Gasteiger partial charge in [0.05, 0.1) is 6.04 Å². The topological polar surface area (TPSA) is 62.1 Å². The van der Waals surface area contributed by atoms with Crippen LogP contribution in [0.4, 0.5) is 0 Å². The molecule has 1 atom stereocenters. The first-order valence-electron chi connectivity index (χ1n) is 7.26. The second-order valence-corrected chi connectivity index (χ2v) is 5.71. The summed E-state index contributed by atoms with van der Waals surface area (Å²) in [6, 6.07) is 5.86. The number of rotatable bonds is 3. The van der Waals surface area contributed by atoms with Gasteiger partial charge in [0.15, 0.2) is 0 Å². The first-order valence-corrected chi connectivity index (χ1v) is 7.26. The van der Waals surface area contributed by atoms with Gasteiger partial charge in [-0.3, -0.25) is 4.79 Å². The Balaban J connectivity index is 1.78. The molecule has 1 fully saturated rings. The van der Waals surface area contributed by atoms with Crippen molar-refractivity contribution in [2.75, 3.05) is 13.1 Å². The number of benzene rings is 1. The van der Waals surface area contributed by atoms with Crippen LogP contribution < -0.4 is 5.73 Å². The molecule has 106 valence electrons. The second-order valence-electron chi connectivity index (χ2n) is 5.71. The van der Waals surface area contributed by atoms with Crippen LogP contribution in [0.2, 0.25) is 0 Å². The number of H-pyrrole nitrogens is 1. The van der Waals surface area contributed by atoms with E-state index in [2.05, 4.69) is 30.1 Å². The van der Waals surface area contributed by atoms with E-state index in [1.54, 1.807) is 0 Å². The minimum absolute atomic E-state index is 0.0875. The lowest BCUT2D eigenvalue weighted by molar-refractivity contribution is -0.131. The molecule has 1 amide bonds. The molecule has 20 heavy (non-hydrogen) atoms. The number of carbonyl (C=O) groups excluding carboxylic acids is 1. The van der Waals surface area contributed by atoms with Crippen LogP contribution in [0.1, 0.15) is 24.0 Å². The Labute approximate surface area is 118 Å². The maximum Gasteiger partial charge on any atom is 0.239 e. The van der Waals surface area contributed by atoms with Gasteiger partial charge in [-0.1, -0.05) is 11.6 Å². The number of likely N-dealkylation sites (tertiary alicyclic amines) is 1. The van der Waals surface area contributed by atoms with E-state index in [4.69, 9.17) is 5.73 Å². The van der Waals surface area contributed by atoms with Crippen molar-refractivity contribution in [3.63, 3.8) is 0 Å². The molecule has 1 aliphatic rings. The molecule has 4 nitrogen and oxygen atoms in total. The summed E-state index contributed by atoms with van der Waals surface area (Å²) < 4.78 is 0. The first-order chi connectivity index (χ1) is 9.65. The van der Waals surface area contributed by atoms with Crippen LogP contribution in [0.3, 0.4) is 0 Å². The molecular formula is C16H21N3O. The number of aromatic amines is 1. The van der Waals surface area contributed by atoms with Crippen molar-refractivity contribution in [3.8, 4) is 0 Å². The average molecular weight is 271 g/mol. The van der Waals surface area contributed by atoms with Crippen LogP contribution in [0.25, 0.3) is 10.9 Å². The number of hydrogen-bond donors (Lipinski definition) is 2. The zero-order chi connectivity index (χ0) is 14.1. The van der Waals surface area contributed by atoms with Crippen LogP contribution in [-0.2, 0) is 11.2 Å². The fourth-order valence-corrected chi connectivity index (χ4v) is 2.96. The van der Waals surface area contributed by atoms with Crippen molar-refractivity contribution in [2.24, 2.45) is 5.73 Å². The minimum atomic E-state index is -0.437. The summed E-state index contributed by atoms with van der Waals surface area (Å²) in [5.41, 5.74) is 9.56. The Morgan fingerprint density at radius 1 is 1.40 bits per heavy atom. The molecule has 2 aromatic rings. The summed E-state index contributed by atoms with van der Waals surface area (Å²) >= 11 is 0. The number of nitrogens with two attached hydrogens (primary N) is 1. The van der Waals surface area contributed by atoms with Crippen molar-refractivity contribution in [1.29, 1.82) is 0 Å². The van der Waals surface area contributed by atoms with Gasteiger partial charge in [-0.25, -0.2) is 0 Å². The van der Waals surface area contributed by atoms with Crippen molar-refractivity contribution in [3.05, 3.63) is 35.5 Å². The van der Waals surface area contributed by atoms with Gasteiger partial charge in [0.2, 0.25) is 5.91 Å². The summed E-state index contributed by atoms with van der Waals surface area (Å²) in [6.45, 7) is 3.80. The molecular weight excluding hydrogens is 250 g/mol. The van der Waals surface area contributed by atoms with E-state index >= 15 is 0 Å². The van der Waals surface area contributed by atoms with Gasteiger partial charge < -0.3 is 15.6 Å². The summed E-state index contributed by atoms with van der Waals surface area (Å²) in [7, 11) is 0. The number of amides is 1.